The van der Waals surface area contributed by atoms with Gasteiger partial charge in [-0.1, -0.05) is 24.3 Å². The van der Waals surface area contributed by atoms with E-state index in [0.717, 1.165) is 16.5 Å². The molecule has 1 aliphatic heterocycles. The topological polar surface area (TPSA) is 46.6 Å². The number of nitrogens with zero attached hydrogens (tertiary/aromatic N) is 1. The zero-order chi connectivity index (χ0) is 16.4. The number of halogens is 1. The van der Waals surface area contributed by atoms with Crippen LogP contribution in [0.4, 0.5) is 0 Å². The Morgan fingerprint density at radius 3 is 2.65 bits per heavy atom. The molecule has 6 heteroatoms. The lowest BCUT2D eigenvalue weighted by Crippen LogP contribution is -2.35. The first-order chi connectivity index (χ1) is 11.0. The van der Waals surface area contributed by atoms with Crippen molar-refractivity contribution in [3.05, 3.63) is 58.1 Å². The van der Waals surface area contributed by atoms with Crippen molar-refractivity contribution in [3.8, 4) is 5.75 Å². The summed E-state index contributed by atoms with van der Waals surface area (Å²) in [5.74, 6) is 0.547. The van der Waals surface area contributed by atoms with Crippen molar-refractivity contribution in [2.75, 3.05) is 13.2 Å². The SMILES string of the molecule is CCOc1cc(S(=O)(=O)N2CCc3ccccc3C2)ccc1Br. The summed E-state index contributed by atoms with van der Waals surface area (Å²) in [5, 5.41) is 0. The average Bonchev–Trinajstić information content (AvgIpc) is 2.56. The third-order valence-electron chi connectivity index (χ3n) is 3.94. The second-order valence-corrected chi connectivity index (χ2v) is 8.17. The highest BCUT2D eigenvalue weighted by molar-refractivity contribution is 9.10. The van der Waals surface area contributed by atoms with Crippen LogP contribution in [0.25, 0.3) is 0 Å². The van der Waals surface area contributed by atoms with Crippen LogP contribution < -0.4 is 4.74 Å². The van der Waals surface area contributed by atoms with E-state index in [9.17, 15) is 8.42 Å². The Bertz CT molecular complexity index is 820. The van der Waals surface area contributed by atoms with Gasteiger partial charge in [-0.3, -0.25) is 0 Å². The molecule has 3 rings (SSSR count). The van der Waals surface area contributed by atoms with Crippen LogP contribution in [0, 0.1) is 0 Å². The van der Waals surface area contributed by atoms with Gasteiger partial charge in [0.05, 0.1) is 16.0 Å². The molecule has 0 fully saturated rings. The van der Waals surface area contributed by atoms with Gasteiger partial charge >= 0.3 is 0 Å². The third-order valence-corrected chi connectivity index (χ3v) is 6.43. The maximum Gasteiger partial charge on any atom is 0.243 e. The monoisotopic (exact) mass is 395 g/mol. The van der Waals surface area contributed by atoms with Gasteiger partial charge in [0.1, 0.15) is 5.75 Å². The third kappa shape index (κ3) is 3.29. The fourth-order valence-corrected chi connectivity index (χ4v) is 4.53. The maximum absolute atomic E-state index is 12.9. The smallest absolute Gasteiger partial charge is 0.243 e. The van der Waals surface area contributed by atoms with Crippen LogP contribution in [0.3, 0.4) is 0 Å². The molecule has 0 spiro atoms. The summed E-state index contributed by atoms with van der Waals surface area (Å²) in [4.78, 5) is 0.267. The Morgan fingerprint density at radius 1 is 1.17 bits per heavy atom. The standard InChI is InChI=1S/C17H18BrNO3S/c1-2-22-17-11-15(7-8-16(17)18)23(20,21)19-10-9-13-5-3-4-6-14(13)12-19/h3-8,11H,2,9-10,12H2,1H3. The Balaban J connectivity index is 1.92. The van der Waals surface area contributed by atoms with Crippen LogP contribution in [-0.4, -0.2) is 25.9 Å². The van der Waals surface area contributed by atoms with Gasteiger partial charge in [0, 0.05) is 19.2 Å². The number of ether oxygens (including phenoxy) is 1. The Hall–Kier alpha value is -1.37. The van der Waals surface area contributed by atoms with Crippen molar-refractivity contribution in [2.45, 2.75) is 24.8 Å². The summed E-state index contributed by atoms with van der Waals surface area (Å²) < 4.78 is 33.6. The molecule has 1 heterocycles. The maximum atomic E-state index is 12.9. The molecule has 0 radical (unpaired) electrons. The lowest BCUT2D eigenvalue weighted by atomic mass is 10.0. The molecule has 2 aromatic carbocycles. The molecule has 122 valence electrons. The second kappa shape index (κ2) is 6.63. The quantitative estimate of drug-likeness (QED) is 0.794. The van der Waals surface area contributed by atoms with Crippen LogP contribution >= 0.6 is 15.9 Å². The van der Waals surface area contributed by atoms with E-state index in [1.54, 1.807) is 18.2 Å². The van der Waals surface area contributed by atoms with Crippen LogP contribution in [0.5, 0.6) is 5.75 Å². The molecule has 0 saturated carbocycles. The summed E-state index contributed by atoms with van der Waals surface area (Å²) in [6.45, 7) is 3.27. The lowest BCUT2D eigenvalue weighted by molar-refractivity contribution is 0.336. The van der Waals surface area contributed by atoms with E-state index in [-0.39, 0.29) is 4.90 Å². The second-order valence-electron chi connectivity index (χ2n) is 5.38. The van der Waals surface area contributed by atoms with Crippen molar-refractivity contribution in [1.29, 1.82) is 0 Å². The number of hydrogen-bond donors (Lipinski definition) is 0. The number of fused-ring (bicyclic) bond motifs is 1. The van der Waals surface area contributed by atoms with Gasteiger partial charge in [-0.25, -0.2) is 8.42 Å². The van der Waals surface area contributed by atoms with Gasteiger partial charge in [0.15, 0.2) is 0 Å². The normalized spacial score (nSPS) is 15.2. The molecule has 0 amide bonds. The molecular formula is C17H18BrNO3S. The molecule has 23 heavy (non-hydrogen) atoms. The lowest BCUT2D eigenvalue weighted by Gasteiger charge is -2.28. The fourth-order valence-electron chi connectivity index (χ4n) is 2.73. The molecule has 1 aliphatic rings. The molecular weight excluding hydrogens is 378 g/mol. The Labute approximate surface area is 145 Å². The first-order valence-corrected chi connectivity index (χ1v) is 9.75. The Morgan fingerprint density at radius 2 is 1.91 bits per heavy atom. The molecule has 2 aromatic rings. The zero-order valence-electron chi connectivity index (χ0n) is 12.8. The van der Waals surface area contributed by atoms with Gasteiger partial charge in [-0.05, 0) is 52.5 Å². The van der Waals surface area contributed by atoms with Crippen LogP contribution in [0.15, 0.2) is 51.8 Å². The van der Waals surface area contributed by atoms with Crippen molar-refractivity contribution in [2.24, 2.45) is 0 Å². The van der Waals surface area contributed by atoms with Gasteiger partial charge in [0.25, 0.3) is 0 Å². The van der Waals surface area contributed by atoms with E-state index < -0.39 is 10.0 Å². The van der Waals surface area contributed by atoms with Crippen LogP contribution in [0.1, 0.15) is 18.1 Å². The van der Waals surface area contributed by atoms with Crippen molar-refractivity contribution in [3.63, 3.8) is 0 Å². The van der Waals surface area contributed by atoms with E-state index in [1.165, 1.54) is 9.87 Å². The minimum Gasteiger partial charge on any atom is -0.493 e. The van der Waals surface area contributed by atoms with Gasteiger partial charge in [-0.15, -0.1) is 0 Å². The van der Waals surface area contributed by atoms with E-state index in [1.807, 2.05) is 25.1 Å². The van der Waals surface area contributed by atoms with Gasteiger partial charge in [-0.2, -0.15) is 4.31 Å². The first kappa shape index (κ1) is 16.5. The highest BCUT2D eigenvalue weighted by Crippen LogP contribution is 2.31. The van der Waals surface area contributed by atoms with Crippen molar-refractivity contribution in [1.82, 2.24) is 4.31 Å². The highest BCUT2D eigenvalue weighted by atomic mass is 79.9. The Kier molecular flexibility index (Phi) is 4.75. The minimum absolute atomic E-state index is 0.267. The molecule has 4 nitrogen and oxygen atoms in total. The molecule has 0 aliphatic carbocycles. The summed E-state index contributed by atoms with van der Waals surface area (Å²) in [5.41, 5.74) is 2.30. The van der Waals surface area contributed by atoms with E-state index in [4.69, 9.17) is 4.74 Å². The van der Waals surface area contributed by atoms with E-state index in [0.29, 0.717) is 25.4 Å². The average molecular weight is 396 g/mol. The van der Waals surface area contributed by atoms with Crippen molar-refractivity contribution < 1.29 is 13.2 Å². The molecule has 0 aromatic heterocycles. The van der Waals surface area contributed by atoms with Crippen LogP contribution in [0.2, 0.25) is 0 Å². The predicted molar refractivity (Wildman–Crippen MR) is 93.1 cm³/mol. The van der Waals surface area contributed by atoms with Crippen molar-refractivity contribution >= 4 is 26.0 Å². The zero-order valence-corrected chi connectivity index (χ0v) is 15.2. The van der Waals surface area contributed by atoms with Gasteiger partial charge < -0.3 is 4.74 Å². The van der Waals surface area contributed by atoms with E-state index in [2.05, 4.69) is 22.0 Å². The molecule has 0 bridgehead atoms. The molecule has 0 unspecified atom stereocenters. The largest absolute Gasteiger partial charge is 0.493 e. The molecule has 0 N–H and O–H groups in total. The molecule has 0 atom stereocenters. The minimum atomic E-state index is -3.53. The predicted octanol–water partition coefficient (Wildman–Crippen LogP) is 3.59. The first-order valence-electron chi connectivity index (χ1n) is 7.51. The highest BCUT2D eigenvalue weighted by Gasteiger charge is 2.28. The summed E-state index contributed by atoms with van der Waals surface area (Å²) in [6, 6.07) is 12.9. The number of benzene rings is 2. The summed E-state index contributed by atoms with van der Waals surface area (Å²) in [7, 11) is -3.53. The van der Waals surface area contributed by atoms with E-state index >= 15 is 0 Å². The number of hydrogen-bond acceptors (Lipinski definition) is 3. The number of sulfonamides is 1. The van der Waals surface area contributed by atoms with Crippen LogP contribution in [-0.2, 0) is 23.0 Å². The number of rotatable bonds is 4. The summed E-state index contributed by atoms with van der Waals surface area (Å²) in [6.07, 6.45) is 0.740. The molecule has 0 saturated heterocycles. The fraction of sp³-hybridized carbons (Fsp3) is 0.294. The summed E-state index contributed by atoms with van der Waals surface area (Å²) >= 11 is 3.38. The van der Waals surface area contributed by atoms with Gasteiger partial charge in [0.2, 0.25) is 10.0 Å².